The molecule has 7 heteroatoms. The maximum absolute atomic E-state index is 12.0. The quantitative estimate of drug-likeness (QED) is 0.491. The summed E-state index contributed by atoms with van der Waals surface area (Å²) in [6, 6.07) is 0. The van der Waals surface area contributed by atoms with Crippen LogP contribution in [0.1, 0.15) is 53.9 Å². The smallest absolute Gasteiger partial charge is 0.438 e. The third-order valence-electron chi connectivity index (χ3n) is 7.15. The zero-order chi connectivity index (χ0) is 21.0. The van der Waals surface area contributed by atoms with E-state index in [1.807, 2.05) is 0 Å². The summed E-state index contributed by atoms with van der Waals surface area (Å²) in [7, 11) is -0.631. The Morgan fingerprint density at radius 2 is 1.71 bits per heavy atom. The predicted molar refractivity (Wildman–Crippen MR) is 109 cm³/mol. The number of ether oxygens (including phenoxy) is 4. The van der Waals surface area contributed by atoms with Crippen LogP contribution >= 0.6 is 0 Å². The van der Waals surface area contributed by atoms with Crippen molar-refractivity contribution in [3.05, 3.63) is 0 Å². The zero-order valence-corrected chi connectivity index (χ0v) is 19.8. The molecule has 0 unspecified atom stereocenters. The summed E-state index contributed by atoms with van der Waals surface area (Å²) < 4.78 is 29.7. The maximum atomic E-state index is 12.0. The Kier molecular flexibility index (Phi) is 5.71. The summed E-state index contributed by atoms with van der Waals surface area (Å²) in [4.78, 5) is 12.0. The van der Waals surface area contributed by atoms with Crippen LogP contribution in [0.25, 0.3) is 0 Å². The van der Waals surface area contributed by atoms with E-state index in [0.717, 1.165) is 19.3 Å². The van der Waals surface area contributed by atoms with Crippen LogP contribution in [-0.4, -0.2) is 52.8 Å². The highest BCUT2D eigenvalue weighted by Crippen LogP contribution is 2.55. The molecule has 0 amide bonds. The Bertz CT molecular complexity index is 586. The van der Waals surface area contributed by atoms with Gasteiger partial charge in [-0.25, -0.2) is 4.79 Å². The molecule has 3 aliphatic rings. The van der Waals surface area contributed by atoms with Crippen molar-refractivity contribution in [3.8, 4) is 0 Å². The first-order valence-corrected chi connectivity index (χ1v) is 13.4. The molecule has 162 valence electrons. The molecule has 2 aliphatic carbocycles. The van der Waals surface area contributed by atoms with Gasteiger partial charge in [0, 0.05) is 24.2 Å². The lowest BCUT2D eigenvalue weighted by Crippen LogP contribution is -2.49. The Labute approximate surface area is 170 Å². The highest BCUT2D eigenvalue weighted by Gasteiger charge is 2.60. The number of carbonyl (C=O) groups excluding carboxylic acids is 1. The van der Waals surface area contributed by atoms with E-state index in [4.69, 9.17) is 23.4 Å². The zero-order valence-electron chi connectivity index (χ0n) is 18.8. The van der Waals surface area contributed by atoms with Crippen molar-refractivity contribution in [2.45, 2.75) is 90.0 Å². The predicted octanol–water partition coefficient (Wildman–Crippen LogP) is 4.73. The van der Waals surface area contributed by atoms with Gasteiger partial charge in [-0.2, -0.15) is 0 Å². The molecule has 1 saturated heterocycles. The number of rotatable bonds is 3. The average molecular weight is 415 g/mol. The van der Waals surface area contributed by atoms with Crippen LogP contribution in [-0.2, 0) is 23.4 Å². The third kappa shape index (κ3) is 4.27. The van der Waals surface area contributed by atoms with Crippen LogP contribution in [0.4, 0.5) is 4.79 Å². The molecular weight excluding hydrogens is 376 g/mol. The summed E-state index contributed by atoms with van der Waals surface area (Å²) in [5, 5.41) is 0.100. The second-order valence-electron chi connectivity index (χ2n) is 11.2. The van der Waals surface area contributed by atoms with Crippen molar-refractivity contribution in [1.82, 2.24) is 0 Å². The highest BCUT2D eigenvalue weighted by atomic mass is 28.4. The van der Waals surface area contributed by atoms with Gasteiger partial charge < -0.3 is 23.4 Å². The number of carbonyl (C=O) groups is 1. The Hall–Kier alpha value is -0.633. The molecule has 6 nitrogen and oxygen atoms in total. The lowest BCUT2D eigenvalue weighted by atomic mass is 9.94. The summed E-state index contributed by atoms with van der Waals surface area (Å²) in [6.45, 7) is 16.9. The minimum atomic E-state index is -1.98. The number of methoxy groups -OCH3 is 1. The van der Waals surface area contributed by atoms with Crippen molar-refractivity contribution < 1.29 is 28.2 Å². The second kappa shape index (κ2) is 7.25. The van der Waals surface area contributed by atoms with E-state index in [-0.39, 0.29) is 28.6 Å². The maximum Gasteiger partial charge on any atom is 0.508 e. The van der Waals surface area contributed by atoms with Crippen molar-refractivity contribution in [2.24, 2.45) is 17.3 Å². The van der Waals surface area contributed by atoms with E-state index in [9.17, 15) is 4.79 Å². The Morgan fingerprint density at radius 1 is 1.11 bits per heavy atom. The third-order valence-corrected chi connectivity index (χ3v) is 11.7. The minimum Gasteiger partial charge on any atom is -0.438 e. The lowest BCUT2D eigenvalue weighted by Gasteiger charge is -2.43. The molecule has 4 atom stereocenters. The first-order chi connectivity index (χ1) is 12.8. The lowest BCUT2D eigenvalue weighted by molar-refractivity contribution is -0.298. The SMILES string of the molecule is COC(=O)O[C@@H]1[C@@H]2CC3(C[C@@H]2C[C@H]1O[Si](C)(C)C(C)(C)C)OCC(C)(C)CO3. The molecule has 1 aliphatic heterocycles. The van der Waals surface area contributed by atoms with Crippen molar-refractivity contribution >= 4 is 14.5 Å². The van der Waals surface area contributed by atoms with Gasteiger partial charge in [0.15, 0.2) is 14.1 Å². The molecule has 1 spiro atoms. The normalized spacial score (nSPS) is 34.3. The number of hydrogen-bond donors (Lipinski definition) is 0. The van der Waals surface area contributed by atoms with Crippen LogP contribution in [0, 0.1) is 17.3 Å². The fourth-order valence-corrected chi connectivity index (χ4v) is 5.82. The summed E-state index contributed by atoms with van der Waals surface area (Å²) in [6.07, 6.45) is 1.41. The van der Waals surface area contributed by atoms with Gasteiger partial charge in [0.25, 0.3) is 0 Å². The largest absolute Gasteiger partial charge is 0.508 e. The van der Waals surface area contributed by atoms with Gasteiger partial charge in [0.1, 0.15) is 6.10 Å². The van der Waals surface area contributed by atoms with Gasteiger partial charge in [-0.1, -0.05) is 34.6 Å². The van der Waals surface area contributed by atoms with Crippen molar-refractivity contribution in [1.29, 1.82) is 0 Å². The Balaban J connectivity index is 1.75. The second-order valence-corrected chi connectivity index (χ2v) is 15.9. The van der Waals surface area contributed by atoms with Crippen LogP contribution in [0.5, 0.6) is 0 Å². The minimum absolute atomic E-state index is 0.0405. The van der Waals surface area contributed by atoms with Gasteiger partial charge in [-0.05, 0) is 30.5 Å². The molecule has 0 aromatic rings. The van der Waals surface area contributed by atoms with Gasteiger partial charge in [-0.3, -0.25) is 0 Å². The average Bonchev–Trinajstić information content (AvgIpc) is 3.05. The molecule has 1 heterocycles. The molecule has 0 bridgehead atoms. The van der Waals surface area contributed by atoms with Gasteiger partial charge in [0.05, 0.1) is 26.4 Å². The molecule has 0 radical (unpaired) electrons. The van der Waals surface area contributed by atoms with Crippen LogP contribution < -0.4 is 0 Å². The van der Waals surface area contributed by atoms with Gasteiger partial charge >= 0.3 is 6.16 Å². The van der Waals surface area contributed by atoms with E-state index >= 15 is 0 Å². The fraction of sp³-hybridized carbons (Fsp3) is 0.952. The van der Waals surface area contributed by atoms with E-state index in [0.29, 0.717) is 19.1 Å². The van der Waals surface area contributed by atoms with Gasteiger partial charge in [0.2, 0.25) is 0 Å². The Morgan fingerprint density at radius 3 is 2.25 bits per heavy atom. The molecular formula is C21H38O6Si. The molecule has 0 aromatic carbocycles. The molecule has 3 fully saturated rings. The summed E-state index contributed by atoms with van der Waals surface area (Å²) in [5.74, 6) is 0.00515. The first kappa shape index (κ1) is 22.1. The standard InChI is InChI=1S/C21H38O6Si/c1-19(2,3)28(7,8)27-16-9-14-10-21(24-12-20(4,5)13-25-21)11-15(14)17(16)26-18(22)23-6/h14-17H,9-13H2,1-8H3/t14-,15+,16+,17+/m0/s1. The molecule has 3 rings (SSSR count). The molecule has 2 saturated carbocycles. The van der Waals surface area contributed by atoms with Gasteiger partial charge in [-0.15, -0.1) is 0 Å². The van der Waals surface area contributed by atoms with E-state index < -0.39 is 20.3 Å². The number of fused-ring (bicyclic) bond motifs is 1. The number of hydrogen-bond acceptors (Lipinski definition) is 6. The summed E-state index contributed by atoms with van der Waals surface area (Å²) in [5.41, 5.74) is 0.0405. The monoisotopic (exact) mass is 414 g/mol. The molecule has 0 aromatic heterocycles. The topological polar surface area (TPSA) is 63.2 Å². The summed E-state index contributed by atoms with van der Waals surface area (Å²) >= 11 is 0. The van der Waals surface area contributed by atoms with E-state index in [2.05, 4.69) is 47.7 Å². The highest BCUT2D eigenvalue weighted by molar-refractivity contribution is 6.74. The fourth-order valence-electron chi connectivity index (χ4n) is 4.48. The molecule has 28 heavy (non-hydrogen) atoms. The van der Waals surface area contributed by atoms with Crippen LogP contribution in [0.15, 0.2) is 0 Å². The van der Waals surface area contributed by atoms with Crippen molar-refractivity contribution in [2.75, 3.05) is 20.3 Å². The van der Waals surface area contributed by atoms with Crippen molar-refractivity contribution in [3.63, 3.8) is 0 Å². The first-order valence-electron chi connectivity index (χ1n) is 10.5. The van der Waals surface area contributed by atoms with E-state index in [1.54, 1.807) is 0 Å². The van der Waals surface area contributed by atoms with Crippen LogP contribution in [0.3, 0.4) is 0 Å². The van der Waals surface area contributed by atoms with Crippen LogP contribution in [0.2, 0.25) is 18.1 Å². The van der Waals surface area contributed by atoms with E-state index in [1.165, 1.54) is 7.11 Å². The molecule has 0 N–H and O–H groups in total.